The number of nitrogens with zero attached hydrogens (tertiary/aromatic N) is 2. The van der Waals surface area contributed by atoms with Crippen LogP contribution in [0, 0.1) is 10.5 Å². The van der Waals surface area contributed by atoms with E-state index in [0.29, 0.717) is 32.1 Å². The number of carbonyl (C=O) groups excluding carboxylic acids is 1. The number of aromatic nitrogens is 1. The van der Waals surface area contributed by atoms with Crippen molar-refractivity contribution < 1.29 is 19.0 Å². The molecule has 0 saturated carbocycles. The molecule has 0 N–H and O–H groups in total. The van der Waals surface area contributed by atoms with E-state index in [-0.39, 0.29) is 12.2 Å². The molecule has 0 bridgehead atoms. The third-order valence-corrected chi connectivity index (χ3v) is 7.27. The van der Waals surface area contributed by atoms with Crippen LogP contribution in [0.15, 0.2) is 57.5 Å². The lowest BCUT2D eigenvalue weighted by Gasteiger charge is -2.24. The third kappa shape index (κ3) is 4.79. The zero-order valence-electron chi connectivity index (χ0n) is 20.0. The maximum absolute atomic E-state index is 13.8. The van der Waals surface area contributed by atoms with Gasteiger partial charge in [0.05, 0.1) is 42.7 Å². The van der Waals surface area contributed by atoms with E-state index in [2.05, 4.69) is 27.6 Å². The summed E-state index contributed by atoms with van der Waals surface area (Å²) in [4.78, 5) is 31.9. The molecule has 0 fully saturated rings. The molecule has 0 amide bonds. The van der Waals surface area contributed by atoms with E-state index in [1.807, 2.05) is 43.3 Å². The molecule has 0 aliphatic carbocycles. The van der Waals surface area contributed by atoms with Gasteiger partial charge in [0.15, 0.2) is 16.3 Å². The van der Waals surface area contributed by atoms with Crippen LogP contribution in [0.2, 0.25) is 0 Å². The number of hydrogen-bond donors (Lipinski definition) is 0. The second-order valence-electron chi connectivity index (χ2n) is 7.94. The van der Waals surface area contributed by atoms with Crippen molar-refractivity contribution >= 4 is 46.0 Å². The number of carbonyl (C=O) groups is 1. The second kappa shape index (κ2) is 10.4. The summed E-state index contributed by atoms with van der Waals surface area (Å²) in [7, 11) is 3.14. The highest BCUT2D eigenvalue weighted by molar-refractivity contribution is 14.1. The molecular weight excluding hydrogens is 579 g/mol. The van der Waals surface area contributed by atoms with Gasteiger partial charge in [0.25, 0.3) is 5.56 Å². The number of ether oxygens (including phenoxy) is 3. The molecule has 7 nitrogen and oxygen atoms in total. The van der Waals surface area contributed by atoms with Crippen molar-refractivity contribution in [2.24, 2.45) is 4.99 Å². The first-order valence-corrected chi connectivity index (χ1v) is 12.9. The second-order valence-corrected chi connectivity index (χ2v) is 10.2. The predicted octanol–water partition coefficient (Wildman–Crippen LogP) is 3.73. The van der Waals surface area contributed by atoms with Crippen LogP contribution in [0.4, 0.5) is 0 Å². The molecule has 1 aliphatic rings. The van der Waals surface area contributed by atoms with Crippen LogP contribution in [0.1, 0.15) is 36.6 Å². The van der Waals surface area contributed by atoms with Crippen LogP contribution in [-0.4, -0.2) is 31.4 Å². The Morgan fingerprint density at radius 2 is 1.89 bits per heavy atom. The van der Waals surface area contributed by atoms with Crippen LogP contribution >= 0.6 is 33.9 Å². The summed E-state index contributed by atoms with van der Waals surface area (Å²) in [5.41, 5.74) is 3.27. The fraction of sp³-hybridized carbons (Fsp3) is 0.269. The summed E-state index contributed by atoms with van der Waals surface area (Å²) in [6.07, 6.45) is 1.78. The number of allylic oxidation sites excluding steroid dienone is 1. The molecular formula is C26H25IN2O5S. The minimum atomic E-state index is -0.639. The van der Waals surface area contributed by atoms with Gasteiger partial charge in [0.2, 0.25) is 0 Å². The maximum Gasteiger partial charge on any atom is 0.338 e. The summed E-state index contributed by atoms with van der Waals surface area (Å²) >= 11 is 3.47. The first-order chi connectivity index (χ1) is 16.8. The first kappa shape index (κ1) is 25.2. The Morgan fingerprint density at radius 3 is 2.51 bits per heavy atom. The molecule has 182 valence electrons. The Balaban J connectivity index is 1.98. The molecule has 1 aliphatic heterocycles. The minimum Gasteiger partial charge on any atom is -0.493 e. The molecule has 3 aromatic rings. The lowest BCUT2D eigenvalue weighted by molar-refractivity contribution is -0.139. The minimum absolute atomic E-state index is 0.231. The Morgan fingerprint density at radius 1 is 1.17 bits per heavy atom. The van der Waals surface area contributed by atoms with E-state index in [1.54, 1.807) is 38.7 Å². The fourth-order valence-electron chi connectivity index (χ4n) is 4.06. The van der Waals surface area contributed by atoms with E-state index >= 15 is 0 Å². The van der Waals surface area contributed by atoms with Gasteiger partial charge in [0.1, 0.15) is 0 Å². The van der Waals surface area contributed by atoms with E-state index in [4.69, 9.17) is 14.2 Å². The average Bonchev–Trinajstić information content (AvgIpc) is 3.12. The summed E-state index contributed by atoms with van der Waals surface area (Å²) in [5.74, 6) is 0.645. The van der Waals surface area contributed by atoms with Crippen LogP contribution in [0.3, 0.4) is 0 Å². The van der Waals surface area contributed by atoms with Crippen molar-refractivity contribution in [3.05, 3.63) is 87.6 Å². The van der Waals surface area contributed by atoms with Crippen molar-refractivity contribution in [3.63, 3.8) is 0 Å². The molecule has 2 aromatic carbocycles. The maximum atomic E-state index is 13.8. The SMILES string of the molecule is CCOC(=O)C1=C(C)N=c2s/c(=C\c3cc(I)cc(OC)c3OC)c(=O)n2[C@@H]1c1ccc(C)cc1. The van der Waals surface area contributed by atoms with Crippen LogP contribution in [0.5, 0.6) is 11.5 Å². The number of hydrogen-bond acceptors (Lipinski definition) is 7. The van der Waals surface area contributed by atoms with Crippen molar-refractivity contribution in [3.8, 4) is 11.5 Å². The lowest BCUT2D eigenvalue weighted by Crippen LogP contribution is -2.39. The van der Waals surface area contributed by atoms with Crippen molar-refractivity contribution in [2.45, 2.75) is 26.8 Å². The number of halogens is 1. The smallest absolute Gasteiger partial charge is 0.338 e. The average molecular weight is 604 g/mol. The number of benzene rings is 2. The molecule has 0 unspecified atom stereocenters. The third-order valence-electron chi connectivity index (χ3n) is 5.67. The highest BCUT2D eigenvalue weighted by atomic mass is 127. The Kier molecular flexibility index (Phi) is 7.46. The number of thiazole rings is 1. The molecule has 1 atom stereocenters. The number of fused-ring (bicyclic) bond motifs is 1. The molecule has 0 saturated heterocycles. The van der Waals surface area contributed by atoms with E-state index in [9.17, 15) is 9.59 Å². The normalized spacial score (nSPS) is 15.5. The van der Waals surface area contributed by atoms with Gasteiger partial charge in [-0.3, -0.25) is 9.36 Å². The van der Waals surface area contributed by atoms with Gasteiger partial charge >= 0.3 is 5.97 Å². The van der Waals surface area contributed by atoms with Crippen LogP contribution in [0.25, 0.3) is 6.08 Å². The molecule has 1 aromatic heterocycles. The quantitative estimate of drug-likeness (QED) is 0.317. The molecule has 9 heteroatoms. The van der Waals surface area contributed by atoms with Crippen molar-refractivity contribution in [1.29, 1.82) is 0 Å². The van der Waals surface area contributed by atoms with Crippen LogP contribution in [-0.2, 0) is 9.53 Å². The summed E-state index contributed by atoms with van der Waals surface area (Å²) < 4.78 is 19.4. The van der Waals surface area contributed by atoms with Gasteiger partial charge in [-0.05, 0) is 67.1 Å². The van der Waals surface area contributed by atoms with E-state index in [0.717, 1.165) is 20.3 Å². The fourth-order valence-corrected chi connectivity index (χ4v) is 5.72. The van der Waals surface area contributed by atoms with Gasteiger partial charge in [-0.2, -0.15) is 0 Å². The Hall–Kier alpha value is -2.92. The van der Waals surface area contributed by atoms with Gasteiger partial charge in [-0.15, -0.1) is 0 Å². The van der Waals surface area contributed by atoms with Gasteiger partial charge in [-0.25, -0.2) is 9.79 Å². The number of rotatable bonds is 6. The Labute approximate surface area is 220 Å². The van der Waals surface area contributed by atoms with Crippen LogP contribution < -0.4 is 24.4 Å². The largest absolute Gasteiger partial charge is 0.493 e. The molecule has 2 heterocycles. The monoisotopic (exact) mass is 604 g/mol. The van der Waals surface area contributed by atoms with Crippen molar-refractivity contribution in [1.82, 2.24) is 4.57 Å². The number of aryl methyl sites for hydroxylation is 1. The zero-order chi connectivity index (χ0) is 25.3. The Bertz CT molecular complexity index is 1500. The predicted molar refractivity (Wildman–Crippen MR) is 144 cm³/mol. The molecule has 35 heavy (non-hydrogen) atoms. The highest BCUT2D eigenvalue weighted by Gasteiger charge is 2.33. The van der Waals surface area contributed by atoms with Gasteiger partial charge < -0.3 is 14.2 Å². The molecule has 0 radical (unpaired) electrons. The molecule has 4 rings (SSSR count). The summed E-state index contributed by atoms with van der Waals surface area (Å²) in [6.45, 7) is 5.76. The summed E-state index contributed by atoms with van der Waals surface area (Å²) in [6, 6.07) is 10.9. The number of esters is 1. The van der Waals surface area contributed by atoms with E-state index in [1.165, 1.54) is 11.3 Å². The van der Waals surface area contributed by atoms with E-state index < -0.39 is 12.0 Å². The van der Waals surface area contributed by atoms with Crippen molar-refractivity contribution in [2.75, 3.05) is 20.8 Å². The summed E-state index contributed by atoms with van der Waals surface area (Å²) in [5, 5.41) is 0. The first-order valence-electron chi connectivity index (χ1n) is 11.0. The number of methoxy groups -OCH3 is 2. The lowest BCUT2D eigenvalue weighted by atomic mass is 9.95. The standard InChI is InChI=1S/C26H25IN2O5S/c1-6-34-25(31)21-15(3)28-26-29(22(21)16-9-7-14(2)8-10-16)24(30)20(35-26)12-17-11-18(27)13-19(32-4)23(17)33-5/h7-13,22H,6H2,1-5H3/b20-12-/t22-/m1/s1. The van der Waals surface area contributed by atoms with Gasteiger partial charge in [-0.1, -0.05) is 41.2 Å². The molecule has 0 spiro atoms. The topological polar surface area (TPSA) is 79.1 Å². The zero-order valence-corrected chi connectivity index (χ0v) is 23.0. The highest BCUT2D eigenvalue weighted by Crippen LogP contribution is 2.34. The van der Waals surface area contributed by atoms with Gasteiger partial charge in [0, 0.05) is 9.13 Å².